The first-order valence-electron chi connectivity index (χ1n) is 8.45. The summed E-state index contributed by atoms with van der Waals surface area (Å²) in [6.45, 7) is 9.45. The molecule has 2 aliphatic carbocycles. The van der Waals surface area contributed by atoms with Crippen molar-refractivity contribution in [3.63, 3.8) is 0 Å². The van der Waals surface area contributed by atoms with E-state index in [1.165, 1.54) is 45.1 Å². The Labute approximate surface area is 118 Å². The molecule has 2 heteroatoms. The van der Waals surface area contributed by atoms with E-state index in [1.54, 1.807) is 0 Å². The van der Waals surface area contributed by atoms with Gasteiger partial charge in [-0.15, -0.1) is 0 Å². The number of fused-ring (bicyclic) bond motifs is 1. The Hall–Kier alpha value is -0.0800. The van der Waals surface area contributed by atoms with Gasteiger partial charge in [0.2, 0.25) is 0 Å². The minimum absolute atomic E-state index is 0.336. The molecule has 1 saturated heterocycles. The van der Waals surface area contributed by atoms with Crippen molar-refractivity contribution in [1.29, 1.82) is 0 Å². The first kappa shape index (κ1) is 13.9. The molecule has 3 aliphatic rings. The Kier molecular flexibility index (Phi) is 3.92. The van der Waals surface area contributed by atoms with Crippen molar-refractivity contribution >= 4 is 0 Å². The monoisotopic (exact) mass is 265 g/mol. The fourth-order valence-electron chi connectivity index (χ4n) is 4.91. The van der Waals surface area contributed by atoms with E-state index in [9.17, 15) is 0 Å². The number of nitrogens with one attached hydrogen (secondary N) is 1. The quantitative estimate of drug-likeness (QED) is 0.842. The lowest BCUT2D eigenvalue weighted by molar-refractivity contribution is -0.193. The van der Waals surface area contributed by atoms with Crippen LogP contribution in [0.5, 0.6) is 0 Å². The Bertz CT molecular complexity index is 314. The van der Waals surface area contributed by atoms with Crippen molar-refractivity contribution < 1.29 is 4.74 Å². The van der Waals surface area contributed by atoms with Crippen LogP contribution >= 0.6 is 0 Å². The normalized spacial score (nSPS) is 45.3. The third kappa shape index (κ3) is 2.47. The summed E-state index contributed by atoms with van der Waals surface area (Å²) in [5.74, 6) is 2.61. The molecule has 0 aromatic heterocycles. The maximum atomic E-state index is 6.00. The molecule has 0 amide bonds. The van der Waals surface area contributed by atoms with Crippen molar-refractivity contribution in [3.05, 3.63) is 0 Å². The highest BCUT2D eigenvalue weighted by Crippen LogP contribution is 2.51. The summed E-state index contributed by atoms with van der Waals surface area (Å²) in [5, 5.41) is 3.93. The van der Waals surface area contributed by atoms with E-state index < -0.39 is 0 Å². The standard InChI is InChI=1S/C17H31NO/c1-12-7-4-5-8-13(12)11-18-15-14-9-6-10-19-16(14)17(15,2)3/h12-16,18H,4-11H2,1-3H3. The van der Waals surface area contributed by atoms with Gasteiger partial charge in [0.1, 0.15) is 0 Å². The lowest BCUT2D eigenvalue weighted by atomic mass is 9.55. The minimum atomic E-state index is 0.336. The molecule has 1 N–H and O–H groups in total. The van der Waals surface area contributed by atoms with E-state index in [0.717, 1.165) is 24.4 Å². The lowest BCUT2D eigenvalue weighted by Gasteiger charge is -2.60. The molecule has 0 bridgehead atoms. The van der Waals surface area contributed by atoms with Gasteiger partial charge in [0.25, 0.3) is 0 Å². The molecule has 0 aromatic carbocycles. The minimum Gasteiger partial charge on any atom is -0.377 e. The van der Waals surface area contributed by atoms with Crippen LogP contribution in [0.3, 0.4) is 0 Å². The van der Waals surface area contributed by atoms with Crippen LogP contribution < -0.4 is 5.32 Å². The van der Waals surface area contributed by atoms with Gasteiger partial charge < -0.3 is 10.1 Å². The number of ether oxygens (including phenoxy) is 1. The summed E-state index contributed by atoms with van der Waals surface area (Å²) in [7, 11) is 0. The van der Waals surface area contributed by atoms with Crippen LogP contribution in [0.1, 0.15) is 59.3 Å². The smallest absolute Gasteiger partial charge is 0.0684 e. The van der Waals surface area contributed by atoms with Gasteiger partial charge in [0.05, 0.1) is 6.10 Å². The average Bonchev–Trinajstić information content (AvgIpc) is 2.41. The summed E-state index contributed by atoms with van der Waals surface area (Å²) < 4.78 is 6.00. The Balaban J connectivity index is 1.54. The van der Waals surface area contributed by atoms with E-state index in [-0.39, 0.29) is 0 Å². The molecule has 2 nitrogen and oxygen atoms in total. The Morgan fingerprint density at radius 1 is 1.11 bits per heavy atom. The zero-order chi connectivity index (χ0) is 13.5. The van der Waals surface area contributed by atoms with Gasteiger partial charge >= 0.3 is 0 Å². The highest BCUT2D eigenvalue weighted by molar-refractivity contribution is 5.10. The molecule has 3 fully saturated rings. The van der Waals surface area contributed by atoms with Crippen molar-refractivity contribution in [2.75, 3.05) is 13.2 Å². The fourth-order valence-corrected chi connectivity index (χ4v) is 4.91. The molecule has 19 heavy (non-hydrogen) atoms. The van der Waals surface area contributed by atoms with Gasteiger partial charge in [-0.1, -0.05) is 40.0 Å². The van der Waals surface area contributed by atoms with Crippen LogP contribution in [-0.2, 0) is 4.74 Å². The van der Waals surface area contributed by atoms with Gasteiger partial charge in [0.15, 0.2) is 0 Å². The third-order valence-corrected chi connectivity index (χ3v) is 6.22. The SMILES string of the molecule is CC1CCCCC1CNC1C2CCCOC2C1(C)C. The molecule has 0 spiro atoms. The third-order valence-electron chi connectivity index (χ3n) is 6.22. The van der Waals surface area contributed by atoms with Crippen LogP contribution in [-0.4, -0.2) is 25.3 Å². The van der Waals surface area contributed by atoms with Crippen molar-refractivity contribution in [2.24, 2.45) is 23.2 Å². The number of rotatable bonds is 3. The van der Waals surface area contributed by atoms with Crippen LogP contribution in [0.25, 0.3) is 0 Å². The zero-order valence-corrected chi connectivity index (χ0v) is 13.0. The predicted octanol–water partition coefficient (Wildman–Crippen LogP) is 3.61. The zero-order valence-electron chi connectivity index (χ0n) is 13.0. The molecule has 0 aromatic rings. The molecule has 1 aliphatic heterocycles. The molecule has 0 radical (unpaired) electrons. The van der Waals surface area contributed by atoms with Crippen LogP contribution in [0.2, 0.25) is 0 Å². The summed E-state index contributed by atoms with van der Waals surface area (Å²) in [6, 6.07) is 0.687. The van der Waals surface area contributed by atoms with E-state index in [1.807, 2.05) is 0 Å². The molecule has 110 valence electrons. The van der Waals surface area contributed by atoms with Crippen molar-refractivity contribution in [1.82, 2.24) is 5.32 Å². The van der Waals surface area contributed by atoms with Crippen LogP contribution in [0.15, 0.2) is 0 Å². The van der Waals surface area contributed by atoms with Crippen molar-refractivity contribution in [2.45, 2.75) is 71.4 Å². The Morgan fingerprint density at radius 2 is 1.89 bits per heavy atom. The van der Waals surface area contributed by atoms with Crippen LogP contribution in [0, 0.1) is 23.2 Å². The molecular formula is C17H31NO. The highest BCUT2D eigenvalue weighted by Gasteiger charge is 2.57. The first-order valence-corrected chi connectivity index (χ1v) is 8.45. The van der Waals surface area contributed by atoms with E-state index in [0.29, 0.717) is 17.6 Å². The topological polar surface area (TPSA) is 21.3 Å². The number of hydrogen-bond donors (Lipinski definition) is 1. The molecule has 5 unspecified atom stereocenters. The van der Waals surface area contributed by atoms with Gasteiger partial charge in [-0.3, -0.25) is 0 Å². The maximum absolute atomic E-state index is 6.00. The maximum Gasteiger partial charge on any atom is 0.0684 e. The van der Waals surface area contributed by atoms with Gasteiger partial charge in [-0.05, 0) is 37.6 Å². The molecule has 3 rings (SSSR count). The first-order chi connectivity index (χ1) is 9.10. The summed E-state index contributed by atoms with van der Waals surface area (Å²) in [5.41, 5.74) is 0.336. The van der Waals surface area contributed by atoms with E-state index in [2.05, 4.69) is 26.1 Å². The Morgan fingerprint density at radius 3 is 2.68 bits per heavy atom. The average molecular weight is 265 g/mol. The lowest BCUT2D eigenvalue weighted by Crippen LogP contribution is -2.69. The fraction of sp³-hybridized carbons (Fsp3) is 1.00. The molecule has 1 heterocycles. The number of hydrogen-bond acceptors (Lipinski definition) is 2. The summed E-state index contributed by atoms with van der Waals surface area (Å²) in [6.07, 6.45) is 8.91. The summed E-state index contributed by atoms with van der Waals surface area (Å²) in [4.78, 5) is 0. The second-order valence-electron chi connectivity index (χ2n) is 7.83. The predicted molar refractivity (Wildman–Crippen MR) is 79.2 cm³/mol. The molecule has 5 atom stereocenters. The second kappa shape index (κ2) is 5.37. The van der Waals surface area contributed by atoms with Gasteiger partial charge in [-0.2, -0.15) is 0 Å². The van der Waals surface area contributed by atoms with Gasteiger partial charge in [-0.25, -0.2) is 0 Å². The highest BCUT2D eigenvalue weighted by atomic mass is 16.5. The van der Waals surface area contributed by atoms with E-state index in [4.69, 9.17) is 4.74 Å². The second-order valence-corrected chi connectivity index (χ2v) is 7.83. The van der Waals surface area contributed by atoms with Crippen molar-refractivity contribution in [3.8, 4) is 0 Å². The van der Waals surface area contributed by atoms with E-state index >= 15 is 0 Å². The molecule has 2 saturated carbocycles. The molecular weight excluding hydrogens is 234 g/mol. The largest absolute Gasteiger partial charge is 0.377 e. The van der Waals surface area contributed by atoms with Crippen LogP contribution in [0.4, 0.5) is 0 Å². The van der Waals surface area contributed by atoms with Gasteiger partial charge in [0, 0.05) is 24.0 Å². The summed E-state index contributed by atoms with van der Waals surface area (Å²) >= 11 is 0.